The number of piperidine rings is 3. The SMILES string of the molecule is COC(=O)c1ccc(NCC#Cc2cc3c(NC4CCN(C)CC4F)cccc3n2CC(F)(F)F)c(OC)c1.COc1cc(C(=O)O)ccc1NCC#Cc1cc2c(N[C@H]3CCN(C)C[C@@H]3F)cccc2n1CC(F)(F)F.COc1cc(C(=O)O)ccc1NCC#Cc1cc2c(N[C@H]3CCN(C)C[C@H]3F)cccc2n1CC(F)(F)F. The maximum absolute atomic E-state index is 14.7. The summed E-state index contributed by atoms with van der Waals surface area (Å²) in [6, 6.07) is 31.7. The minimum Gasteiger partial charge on any atom is -0.495 e. The van der Waals surface area contributed by atoms with Crippen molar-refractivity contribution >= 4 is 84.7 Å². The van der Waals surface area contributed by atoms with E-state index in [1.165, 1.54) is 70.9 Å². The van der Waals surface area contributed by atoms with Crippen LogP contribution in [0.25, 0.3) is 32.7 Å². The number of carboxylic acid groups (broad SMARTS) is 2. The lowest BCUT2D eigenvalue weighted by atomic mass is 10.0. The molecule has 6 aromatic carbocycles. The Balaban J connectivity index is 0.000000182. The van der Waals surface area contributed by atoms with Crippen LogP contribution in [0, 0.1) is 35.5 Å². The highest BCUT2D eigenvalue weighted by molar-refractivity contribution is 5.97. The molecule has 3 fully saturated rings. The molecule has 0 spiro atoms. The van der Waals surface area contributed by atoms with Gasteiger partial charge in [0, 0.05) is 72.5 Å². The summed E-state index contributed by atoms with van der Waals surface area (Å²) in [5.74, 6) is 15.3. The molecular formula is C82H86F12N12O9. The Hall–Kier alpha value is -11.7. The Morgan fingerprint density at radius 3 is 0.965 bits per heavy atom. The van der Waals surface area contributed by atoms with Gasteiger partial charge in [-0.25, -0.2) is 27.6 Å². The molecule has 115 heavy (non-hydrogen) atoms. The molecule has 6 atom stereocenters. The lowest BCUT2D eigenvalue weighted by Crippen LogP contribution is -2.46. The molecule has 3 aliphatic heterocycles. The van der Waals surface area contributed by atoms with E-state index in [0.29, 0.717) is 115 Å². The molecule has 0 radical (unpaired) electrons. The number of alkyl halides is 12. The van der Waals surface area contributed by atoms with Gasteiger partial charge in [-0.05, 0) is 167 Å². The molecule has 612 valence electrons. The van der Waals surface area contributed by atoms with Gasteiger partial charge in [0.05, 0.1) is 134 Å². The molecule has 9 aromatic rings. The molecule has 33 heteroatoms. The Morgan fingerprint density at radius 2 is 0.704 bits per heavy atom. The normalized spacial score (nSPS) is 18.0. The summed E-state index contributed by atoms with van der Waals surface area (Å²) in [7, 11) is 11.1. The third kappa shape index (κ3) is 22.8. The summed E-state index contributed by atoms with van der Waals surface area (Å²) in [6.45, 7) is -0.373. The van der Waals surface area contributed by atoms with E-state index >= 15 is 0 Å². The number of ether oxygens (including phenoxy) is 4. The van der Waals surface area contributed by atoms with Crippen molar-refractivity contribution in [3.05, 3.63) is 161 Å². The zero-order valence-corrected chi connectivity index (χ0v) is 63.7. The number of carbonyl (C=O) groups excluding carboxylic acids is 1. The first-order chi connectivity index (χ1) is 54.7. The topological polar surface area (TPSA) is 225 Å². The molecule has 6 heterocycles. The highest BCUT2D eigenvalue weighted by Gasteiger charge is 2.36. The number of carbonyl (C=O) groups is 3. The van der Waals surface area contributed by atoms with E-state index < -0.39 is 92.7 Å². The minimum atomic E-state index is -4.47. The molecule has 21 nitrogen and oxygen atoms in total. The van der Waals surface area contributed by atoms with Crippen LogP contribution in [-0.2, 0) is 24.4 Å². The van der Waals surface area contributed by atoms with Gasteiger partial charge in [0.25, 0.3) is 0 Å². The van der Waals surface area contributed by atoms with E-state index in [2.05, 4.69) is 67.4 Å². The van der Waals surface area contributed by atoms with Gasteiger partial charge in [-0.2, -0.15) is 39.5 Å². The second-order valence-electron chi connectivity index (χ2n) is 27.7. The number of nitrogens with one attached hydrogen (secondary N) is 6. The molecule has 0 saturated carbocycles. The molecule has 0 bridgehead atoms. The van der Waals surface area contributed by atoms with Crippen LogP contribution >= 0.6 is 0 Å². The van der Waals surface area contributed by atoms with Crippen LogP contribution in [0.2, 0.25) is 0 Å². The number of aromatic nitrogens is 3. The summed E-state index contributed by atoms with van der Waals surface area (Å²) < 4.78 is 189. The highest BCUT2D eigenvalue weighted by Crippen LogP contribution is 2.37. The number of methoxy groups -OCH3 is 4. The molecule has 3 aliphatic rings. The number of carboxylic acids is 2. The maximum atomic E-state index is 14.7. The first kappa shape index (κ1) is 85.7. The van der Waals surface area contributed by atoms with Crippen LogP contribution in [0.5, 0.6) is 17.2 Å². The molecule has 3 aromatic heterocycles. The van der Waals surface area contributed by atoms with Crippen LogP contribution in [-0.4, -0.2) is 220 Å². The quantitative estimate of drug-likeness (QED) is 0.0190. The molecule has 2 unspecified atom stereocenters. The molecule has 12 rings (SSSR count). The summed E-state index contributed by atoms with van der Waals surface area (Å²) in [5, 5.41) is 38.5. The second kappa shape index (κ2) is 37.9. The molecule has 0 amide bonds. The van der Waals surface area contributed by atoms with Crippen LogP contribution in [0.1, 0.15) is 67.4 Å². The number of hydrogen-bond acceptors (Lipinski definition) is 16. The number of fused-ring (bicyclic) bond motifs is 3. The number of benzene rings is 6. The first-order valence-electron chi connectivity index (χ1n) is 36.3. The Morgan fingerprint density at radius 1 is 0.417 bits per heavy atom. The van der Waals surface area contributed by atoms with E-state index in [0.717, 1.165) is 33.3 Å². The minimum absolute atomic E-state index is 0.0545. The van der Waals surface area contributed by atoms with Crippen molar-refractivity contribution in [2.75, 3.05) is 140 Å². The van der Waals surface area contributed by atoms with Crippen LogP contribution in [0.15, 0.2) is 127 Å². The Labute approximate surface area is 655 Å². The van der Waals surface area contributed by atoms with Crippen LogP contribution < -0.4 is 46.1 Å². The lowest BCUT2D eigenvalue weighted by Gasteiger charge is -2.33. The third-order valence-corrected chi connectivity index (χ3v) is 19.4. The van der Waals surface area contributed by atoms with E-state index in [1.807, 2.05) is 35.8 Å². The number of esters is 1. The lowest BCUT2D eigenvalue weighted by molar-refractivity contribution is -0.140. The zero-order valence-electron chi connectivity index (χ0n) is 63.7. The van der Waals surface area contributed by atoms with E-state index in [4.69, 9.17) is 29.2 Å². The summed E-state index contributed by atoms with van der Waals surface area (Å²) >= 11 is 0. The van der Waals surface area contributed by atoms with Crippen molar-refractivity contribution in [2.24, 2.45) is 0 Å². The number of nitrogens with zero attached hydrogens (tertiary/aromatic N) is 6. The van der Waals surface area contributed by atoms with Crippen molar-refractivity contribution in [2.45, 2.75) is 94.1 Å². The van der Waals surface area contributed by atoms with Gasteiger partial charge in [-0.3, -0.25) is 0 Å². The molecule has 3 saturated heterocycles. The van der Waals surface area contributed by atoms with Crippen molar-refractivity contribution in [1.82, 2.24) is 28.4 Å². The average molecular weight is 1610 g/mol. The van der Waals surface area contributed by atoms with E-state index in [1.54, 1.807) is 84.9 Å². The van der Waals surface area contributed by atoms with Crippen molar-refractivity contribution in [3.8, 4) is 52.8 Å². The summed E-state index contributed by atoms with van der Waals surface area (Å²) in [6.07, 6.45) is -15.0. The smallest absolute Gasteiger partial charge is 0.406 e. The highest BCUT2D eigenvalue weighted by atomic mass is 19.4. The first-order valence-corrected chi connectivity index (χ1v) is 36.3. The van der Waals surface area contributed by atoms with Gasteiger partial charge in [0.2, 0.25) is 0 Å². The number of rotatable bonds is 21. The van der Waals surface area contributed by atoms with Gasteiger partial charge in [-0.1, -0.05) is 36.0 Å². The number of likely N-dealkylation sites (tertiary alicyclic amines) is 3. The number of aromatic carboxylic acids is 2. The van der Waals surface area contributed by atoms with Crippen molar-refractivity contribution in [1.29, 1.82) is 0 Å². The van der Waals surface area contributed by atoms with Crippen LogP contribution in [0.3, 0.4) is 0 Å². The number of hydrogen-bond donors (Lipinski definition) is 8. The average Bonchev–Trinajstić information content (AvgIpc) is 1.66. The fourth-order valence-corrected chi connectivity index (χ4v) is 13.7. The zero-order chi connectivity index (χ0) is 83.1. The van der Waals surface area contributed by atoms with E-state index in [-0.39, 0.29) is 60.9 Å². The largest absolute Gasteiger partial charge is 0.495 e. The number of halogens is 12. The third-order valence-electron chi connectivity index (χ3n) is 19.4. The van der Waals surface area contributed by atoms with Gasteiger partial charge in [-0.15, -0.1) is 0 Å². The predicted octanol–water partition coefficient (Wildman–Crippen LogP) is 14.6. The fourth-order valence-electron chi connectivity index (χ4n) is 13.7. The monoisotopic (exact) mass is 1610 g/mol. The Bertz CT molecular complexity index is 4940. The Kier molecular flexibility index (Phi) is 28.3. The van der Waals surface area contributed by atoms with Gasteiger partial charge in [0.15, 0.2) is 0 Å². The fraction of sp³-hybridized carbons (Fsp3) is 0.378. The van der Waals surface area contributed by atoms with Gasteiger partial charge >= 0.3 is 36.4 Å². The summed E-state index contributed by atoms with van der Waals surface area (Å²) in [5.41, 5.74) is 5.23. The summed E-state index contributed by atoms with van der Waals surface area (Å²) in [4.78, 5) is 39.8. The van der Waals surface area contributed by atoms with E-state index in [9.17, 15) is 67.1 Å². The predicted molar refractivity (Wildman–Crippen MR) is 418 cm³/mol. The van der Waals surface area contributed by atoms with Crippen LogP contribution in [0.4, 0.5) is 86.8 Å². The number of anilines is 6. The second-order valence-corrected chi connectivity index (χ2v) is 27.7. The van der Waals surface area contributed by atoms with Crippen molar-refractivity contribution < 1.29 is 96.2 Å². The molecular weight excluding hydrogens is 1520 g/mol. The van der Waals surface area contributed by atoms with Crippen molar-refractivity contribution in [3.63, 3.8) is 0 Å². The standard InChI is InChI=1S/C28H30F4N4O3.2C27H28F4N4O3/c1-35-13-11-23(21(29)16-35)34-22-7-4-8-25-20(22)15-19(36(25)17-28(30,31)32)6-5-12-33-24-10-9-18(27(37)39-3)14-26(24)38-2;2*1-34-12-10-22(20(28)15-34)33-21-6-3-7-24-19(21)14-18(35(24)16-27(29,30)31)5-4-11-32-23-9-8-17(26(36)37)13-25(23)38-2/h4,7-10,14-15,21,23,33-34H,11-13,16-17H2,1-3H3;2*3,6-9,13-14,20,22,32-33H,10-12,15-16H2,1-2H3,(H,36,37)/t;20-,22+;20-,22-/m.10/s1. The van der Waals surface area contributed by atoms with Gasteiger partial charge < -0.3 is 89.5 Å². The molecule has 8 N–H and O–H groups in total. The van der Waals surface area contributed by atoms with Gasteiger partial charge in [0.1, 0.15) is 55.4 Å². The molecule has 0 aliphatic carbocycles. The maximum Gasteiger partial charge on any atom is 0.406 e.